The van der Waals surface area contributed by atoms with E-state index in [2.05, 4.69) is 20.3 Å². The van der Waals surface area contributed by atoms with Gasteiger partial charge in [0.1, 0.15) is 10.9 Å². The van der Waals surface area contributed by atoms with Crippen LogP contribution in [0, 0.1) is 11.3 Å². The maximum absolute atomic E-state index is 12.5. The number of nitriles is 1. The van der Waals surface area contributed by atoms with Gasteiger partial charge >= 0.3 is 6.18 Å². The van der Waals surface area contributed by atoms with Gasteiger partial charge in [-0.25, -0.2) is 0 Å². The molecule has 3 rings (SSSR count). The van der Waals surface area contributed by atoms with Gasteiger partial charge < -0.3 is 9.80 Å². The molecule has 5 nitrogen and oxygen atoms in total. The van der Waals surface area contributed by atoms with Gasteiger partial charge in [-0.15, -0.1) is 11.3 Å². The topological polar surface area (TPSA) is 56.1 Å². The van der Waals surface area contributed by atoms with Crippen LogP contribution in [0.4, 0.5) is 24.0 Å². The maximum Gasteiger partial charge on any atom is 0.452 e. The summed E-state index contributed by atoms with van der Waals surface area (Å²) in [6.07, 6.45) is -4.51. The molecule has 0 atom stereocenters. The Morgan fingerprint density at radius 3 is 2.45 bits per heavy atom. The predicted molar refractivity (Wildman–Crippen MR) is 78.4 cm³/mol. The molecule has 0 unspecified atom stereocenters. The summed E-state index contributed by atoms with van der Waals surface area (Å²) >= 11 is 2.15. The highest BCUT2D eigenvalue weighted by molar-refractivity contribution is 7.11. The number of piperazine rings is 1. The lowest BCUT2D eigenvalue weighted by molar-refractivity contribution is -0.144. The fourth-order valence-electron chi connectivity index (χ4n) is 2.23. The van der Waals surface area contributed by atoms with Gasteiger partial charge in [-0.1, -0.05) is 0 Å². The van der Waals surface area contributed by atoms with Crippen LogP contribution in [0.15, 0.2) is 11.4 Å². The summed E-state index contributed by atoms with van der Waals surface area (Å²) in [6, 6.07) is 4.05. The van der Waals surface area contributed by atoms with Crippen molar-refractivity contribution in [2.75, 3.05) is 36.0 Å². The summed E-state index contributed by atoms with van der Waals surface area (Å²) in [6.45, 7) is 2.36. The monoisotopic (exact) mass is 345 g/mol. The minimum absolute atomic E-state index is 0.290. The van der Waals surface area contributed by atoms with Crippen LogP contribution in [0.3, 0.4) is 0 Å². The molecule has 3 heterocycles. The van der Waals surface area contributed by atoms with Crippen LogP contribution in [-0.4, -0.2) is 35.5 Å². The number of rotatable bonds is 2. The number of halogens is 3. The van der Waals surface area contributed by atoms with E-state index in [4.69, 9.17) is 5.26 Å². The molecule has 10 heteroatoms. The Kier molecular flexibility index (Phi) is 3.92. The first-order valence-corrected chi connectivity index (χ1v) is 8.03. The highest BCUT2D eigenvalue weighted by atomic mass is 32.1. The van der Waals surface area contributed by atoms with Crippen molar-refractivity contribution in [2.45, 2.75) is 6.18 Å². The molecule has 22 heavy (non-hydrogen) atoms. The van der Waals surface area contributed by atoms with Crippen LogP contribution < -0.4 is 9.80 Å². The molecule has 1 aliphatic rings. The second kappa shape index (κ2) is 5.73. The number of thiophene rings is 1. The molecule has 0 aromatic carbocycles. The Balaban J connectivity index is 1.67. The van der Waals surface area contributed by atoms with Crippen molar-refractivity contribution < 1.29 is 13.2 Å². The van der Waals surface area contributed by atoms with E-state index in [1.54, 1.807) is 4.90 Å². The van der Waals surface area contributed by atoms with Crippen LogP contribution in [0.5, 0.6) is 0 Å². The molecule has 1 saturated heterocycles. The number of aromatic nitrogens is 2. The third-order valence-corrected chi connectivity index (χ3v) is 4.89. The second-order valence-corrected chi connectivity index (χ2v) is 6.27. The molecular formula is C12H10F3N5S2. The van der Waals surface area contributed by atoms with Gasteiger partial charge in [0.05, 0.1) is 5.69 Å². The van der Waals surface area contributed by atoms with Gasteiger partial charge in [0.15, 0.2) is 0 Å². The molecule has 0 radical (unpaired) electrons. The van der Waals surface area contributed by atoms with Crippen LogP contribution in [0.2, 0.25) is 0 Å². The zero-order chi connectivity index (χ0) is 15.7. The fourth-order valence-corrected chi connectivity index (χ4v) is 3.67. The van der Waals surface area contributed by atoms with E-state index < -0.39 is 12.0 Å². The SMILES string of the molecule is N#Cc1sccc1N1CCN(c2nc(C(F)(F)F)ns2)CC1. The van der Waals surface area contributed by atoms with Gasteiger partial charge in [-0.2, -0.15) is 27.8 Å². The van der Waals surface area contributed by atoms with Crippen LogP contribution in [0.25, 0.3) is 0 Å². The molecule has 0 N–H and O–H groups in total. The lowest BCUT2D eigenvalue weighted by Gasteiger charge is -2.35. The normalized spacial score (nSPS) is 15.9. The van der Waals surface area contributed by atoms with Crippen molar-refractivity contribution in [3.8, 4) is 6.07 Å². The van der Waals surface area contributed by atoms with E-state index in [0.29, 0.717) is 31.1 Å². The average Bonchev–Trinajstić information content (AvgIpc) is 3.16. The molecule has 2 aromatic rings. The molecule has 0 amide bonds. The first-order chi connectivity index (χ1) is 10.5. The molecule has 0 aliphatic carbocycles. The lowest BCUT2D eigenvalue weighted by Crippen LogP contribution is -2.46. The summed E-state index contributed by atoms with van der Waals surface area (Å²) in [4.78, 5) is 8.08. The van der Waals surface area contributed by atoms with E-state index in [0.717, 1.165) is 17.2 Å². The zero-order valence-electron chi connectivity index (χ0n) is 11.2. The third-order valence-electron chi connectivity index (χ3n) is 3.31. The number of hydrogen-bond donors (Lipinski definition) is 0. The number of anilines is 2. The van der Waals surface area contributed by atoms with Crippen LogP contribution >= 0.6 is 22.9 Å². The summed E-state index contributed by atoms with van der Waals surface area (Å²) in [5.74, 6) is -1.08. The molecular weight excluding hydrogens is 335 g/mol. The van der Waals surface area contributed by atoms with Crippen molar-refractivity contribution in [2.24, 2.45) is 0 Å². The Labute approximate surface area is 132 Å². The van der Waals surface area contributed by atoms with Crippen LogP contribution in [-0.2, 0) is 6.18 Å². The van der Waals surface area contributed by atoms with Gasteiger partial charge in [-0.3, -0.25) is 0 Å². The highest BCUT2D eigenvalue weighted by Gasteiger charge is 2.37. The summed E-state index contributed by atoms with van der Waals surface area (Å²) in [5.41, 5.74) is 0.889. The summed E-state index contributed by atoms with van der Waals surface area (Å²) in [5, 5.41) is 11.2. The van der Waals surface area contributed by atoms with E-state index in [9.17, 15) is 13.2 Å². The largest absolute Gasteiger partial charge is 0.452 e. The van der Waals surface area contributed by atoms with E-state index >= 15 is 0 Å². The van der Waals surface area contributed by atoms with Crippen molar-refractivity contribution in [3.63, 3.8) is 0 Å². The van der Waals surface area contributed by atoms with Gasteiger partial charge in [0, 0.05) is 37.7 Å². The average molecular weight is 345 g/mol. The predicted octanol–water partition coefficient (Wildman–Crippen LogP) is 2.82. The van der Waals surface area contributed by atoms with Gasteiger partial charge in [0.2, 0.25) is 11.0 Å². The standard InChI is InChI=1S/C12H10F3N5S2/c13-12(14,15)10-17-11(22-18-10)20-4-2-19(3-5-20)8-1-6-21-9(8)7-16/h1,6H,2-5H2. The molecule has 0 bridgehead atoms. The number of hydrogen-bond acceptors (Lipinski definition) is 7. The summed E-state index contributed by atoms with van der Waals surface area (Å²) < 4.78 is 40.9. The fraction of sp³-hybridized carbons (Fsp3) is 0.417. The van der Waals surface area contributed by atoms with Crippen molar-refractivity contribution in [1.82, 2.24) is 9.36 Å². The molecule has 116 valence electrons. The lowest BCUT2D eigenvalue weighted by atomic mass is 10.3. The van der Waals surface area contributed by atoms with Gasteiger partial charge in [-0.05, 0) is 11.4 Å². The number of alkyl halides is 3. The quantitative estimate of drug-likeness (QED) is 0.838. The smallest absolute Gasteiger partial charge is 0.366 e. The Morgan fingerprint density at radius 1 is 1.18 bits per heavy atom. The van der Waals surface area contributed by atoms with E-state index in [-0.39, 0.29) is 5.13 Å². The third kappa shape index (κ3) is 2.86. The number of nitrogens with zero attached hydrogens (tertiary/aromatic N) is 5. The second-order valence-electron chi connectivity index (χ2n) is 4.62. The van der Waals surface area contributed by atoms with Crippen molar-refractivity contribution in [3.05, 3.63) is 22.1 Å². The zero-order valence-corrected chi connectivity index (χ0v) is 12.8. The molecule has 0 saturated carbocycles. The Bertz CT molecular complexity index is 694. The van der Waals surface area contributed by atoms with E-state index in [1.807, 2.05) is 11.4 Å². The maximum atomic E-state index is 12.5. The first-order valence-electron chi connectivity index (χ1n) is 6.37. The summed E-state index contributed by atoms with van der Waals surface area (Å²) in [7, 11) is 0. The first kappa shape index (κ1) is 15.1. The minimum Gasteiger partial charge on any atom is -0.366 e. The highest BCUT2D eigenvalue weighted by Crippen LogP contribution is 2.31. The molecule has 2 aromatic heterocycles. The van der Waals surface area contributed by atoms with Gasteiger partial charge in [0.25, 0.3) is 0 Å². The molecule has 1 aliphatic heterocycles. The minimum atomic E-state index is -4.51. The van der Waals surface area contributed by atoms with Crippen molar-refractivity contribution >= 4 is 33.7 Å². The Morgan fingerprint density at radius 2 is 1.86 bits per heavy atom. The van der Waals surface area contributed by atoms with Crippen molar-refractivity contribution in [1.29, 1.82) is 5.26 Å². The Hall–Kier alpha value is -1.86. The molecule has 1 fully saturated rings. The van der Waals surface area contributed by atoms with Crippen LogP contribution in [0.1, 0.15) is 10.7 Å². The van der Waals surface area contributed by atoms with E-state index in [1.165, 1.54) is 11.3 Å². The molecule has 0 spiro atoms.